The third-order valence-corrected chi connectivity index (χ3v) is 5.59. The molecule has 3 aromatic carbocycles. The van der Waals surface area contributed by atoms with Gasteiger partial charge in [0.15, 0.2) is 5.76 Å². The van der Waals surface area contributed by atoms with Gasteiger partial charge in [-0.05, 0) is 42.2 Å². The molecule has 4 heteroatoms. The molecule has 1 aliphatic heterocycles. The zero-order valence-electron chi connectivity index (χ0n) is 16.2. The molecular weight excluding hydrogens is 382 g/mol. The molecular formula is C25H22ClNO2. The first-order valence-corrected chi connectivity index (χ1v) is 10.0. The molecule has 1 amide bonds. The molecule has 0 bridgehead atoms. The Kier molecular flexibility index (Phi) is 5.41. The molecule has 1 heterocycles. The van der Waals surface area contributed by atoms with Crippen LogP contribution in [0.2, 0.25) is 5.02 Å². The summed E-state index contributed by atoms with van der Waals surface area (Å²) in [7, 11) is 0. The molecule has 3 aromatic rings. The number of aryl methyl sites for hydroxylation is 1. The fourth-order valence-electron chi connectivity index (χ4n) is 3.80. The lowest BCUT2D eigenvalue weighted by Gasteiger charge is -2.27. The van der Waals surface area contributed by atoms with Crippen molar-refractivity contribution in [1.82, 2.24) is 4.90 Å². The molecule has 0 saturated heterocycles. The number of rotatable bonds is 5. The van der Waals surface area contributed by atoms with Gasteiger partial charge in [-0.3, -0.25) is 4.79 Å². The Morgan fingerprint density at radius 3 is 2.24 bits per heavy atom. The average Bonchev–Trinajstić information content (AvgIpc) is 2.99. The van der Waals surface area contributed by atoms with Crippen LogP contribution in [0.3, 0.4) is 0 Å². The Morgan fingerprint density at radius 1 is 0.931 bits per heavy atom. The quantitative estimate of drug-likeness (QED) is 0.589. The largest absolute Gasteiger partial charge is 0.503 e. The first kappa shape index (κ1) is 19.3. The van der Waals surface area contributed by atoms with Gasteiger partial charge in [0, 0.05) is 17.1 Å². The van der Waals surface area contributed by atoms with Crippen molar-refractivity contribution in [2.45, 2.75) is 19.4 Å². The van der Waals surface area contributed by atoms with Crippen LogP contribution in [-0.2, 0) is 11.2 Å². The Balaban J connectivity index is 1.73. The van der Waals surface area contributed by atoms with Crippen molar-refractivity contribution in [2.24, 2.45) is 0 Å². The van der Waals surface area contributed by atoms with Gasteiger partial charge in [0.25, 0.3) is 5.91 Å². The lowest BCUT2D eigenvalue weighted by molar-refractivity contribution is -0.129. The van der Waals surface area contributed by atoms with Gasteiger partial charge in [-0.15, -0.1) is 0 Å². The van der Waals surface area contributed by atoms with Crippen LogP contribution in [0.15, 0.2) is 84.6 Å². The Bertz CT molecular complexity index is 1040. The molecule has 0 radical (unpaired) electrons. The monoisotopic (exact) mass is 403 g/mol. The second-order valence-electron chi connectivity index (χ2n) is 7.32. The predicted molar refractivity (Wildman–Crippen MR) is 117 cm³/mol. The van der Waals surface area contributed by atoms with E-state index in [1.165, 1.54) is 0 Å². The van der Waals surface area contributed by atoms with E-state index in [9.17, 15) is 9.90 Å². The summed E-state index contributed by atoms with van der Waals surface area (Å²) in [6.07, 6.45) is 0.713. The summed E-state index contributed by atoms with van der Waals surface area (Å²) in [4.78, 5) is 14.8. The highest BCUT2D eigenvalue weighted by Gasteiger charge is 2.40. The van der Waals surface area contributed by atoms with E-state index in [1.807, 2.05) is 85.8 Å². The number of halogens is 1. The molecule has 29 heavy (non-hydrogen) atoms. The number of benzene rings is 3. The van der Waals surface area contributed by atoms with E-state index in [1.54, 1.807) is 4.90 Å². The van der Waals surface area contributed by atoms with Crippen molar-refractivity contribution in [3.63, 3.8) is 0 Å². The van der Waals surface area contributed by atoms with E-state index in [0.29, 0.717) is 23.6 Å². The van der Waals surface area contributed by atoms with Gasteiger partial charge in [0.1, 0.15) is 0 Å². The van der Waals surface area contributed by atoms with Gasteiger partial charge < -0.3 is 10.0 Å². The van der Waals surface area contributed by atoms with Gasteiger partial charge in [-0.2, -0.15) is 0 Å². The van der Waals surface area contributed by atoms with Crippen LogP contribution in [0.4, 0.5) is 0 Å². The van der Waals surface area contributed by atoms with Crippen LogP contribution in [-0.4, -0.2) is 22.5 Å². The molecule has 4 rings (SSSR count). The molecule has 0 spiro atoms. The highest BCUT2D eigenvalue weighted by atomic mass is 35.5. The average molecular weight is 404 g/mol. The van der Waals surface area contributed by atoms with Crippen LogP contribution in [0.5, 0.6) is 0 Å². The van der Waals surface area contributed by atoms with Crippen LogP contribution >= 0.6 is 11.6 Å². The molecule has 1 atom stereocenters. The third-order valence-electron chi connectivity index (χ3n) is 5.34. The fourth-order valence-corrected chi connectivity index (χ4v) is 3.92. The van der Waals surface area contributed by atoms with E-state index >= 15 is 0 Å². The molecule has 1 unspecified atom stereocenters. The maximum Gasteiger partial charge on any atom is 0.289 e. The number of aliphatic hydroxyl groups excluding tert-OH is 1. The number of nitrogens with zero attached hydrogens (tertiary/aromatic N) is 1. The standard InChI is InChI=1S/C25H22ClNO2/c1-17-7-9-19(10-8-17)22-23(20-11-13-21(26)14-12-20)27(25(29)24(22)28)16-15-18-5-3-2-4-6-18/h2-14,23,28H,15-16H2,1H3. The summed E-state index contributed by atoms with van der Waals surface area (Å²) in [5, 5.41) is 11.4. The normalized spacial score (nSPS) is 16.6. The summed E-state index contributed by atoms with van der Waals surface area (Å²) in [6, 6.07) is 25.1. The van der Waals surface area contributed by atoms with Crippen molar-refractivity contribution >= 4 is 23.1 Å². The SMILES string of the molecule is Cc1ccc(C2=C(O)C(=O)N(CCc3ccccc3)C2c2ccc(Cl)cc2)cc1. The van der Waals surface area contributed by atoms with Crippen LogP contribution in [0.25, 0.3) is 5.57 Å². The lowest BCUT2D eigenvalue weighted by Crippen LogP contribution is -2.32. The Hall–Kier alpha value is -3.04. The third kappa shape index (κ3) is 3.92. The van der Waals surface area contributed by atoms with Crippen LogP contribution in [0, 0.1) is 6.92 Å². The number of hydrogen-bond acceptors (Lipinski definition) is 2. The van der Waals surface area contributed by atoms with E-state index in [-0.39, 0.29) is 17.7 Å². The number of carbonyl (C=O) groups is 1. The van der Waals surface area contributed by atoms with Gasteiger partial charge in [-0.25, -0.2) is 0 Å². The molecule has 0 fully saturated rings. The summed E-state index contributed by atoms with van der Waals surface area (Å²) in [5.41, 5.74) is 4.70. The van der Waals surface area contributed by atoms with E-state index in [4.69, 9.17) is 11.6 Å². The van der Waals surface area contributed by atoms with E-state index < -0.39 is 0 Å². The zero-order chi connectivity index (χ0) is 20.4. The summed E-state index contributed by atoms with van der Waals surface area (Å²) >= 11 is 6.08. The summed E-state index contributed by atoms with van der Waals surface area (Å²) in [5.74, 6) is -0.515. The minimum Gasteiger partial charge on any atom is -0.503 e. The highest BCUT2D eigenvalue weighted by Crippen LogP contribution is 2.43. The molecule has 0 saturated carbocycles. The van der Waals surface area contributed by atoms with Gasteiger partial charge in [0.2, 0.25) is 0 Å². The highest BCUT2D eigenvalue weighted by molar-refractivity contribution is 6.30. The topological polar surface area (TPSA) is 40.5 Å². The van der Waals surface area contributed by atoms with E-state index in [2.05, 4.69) is 0 Å². The first-order chi connectivity index (χ1) is 14.0. The minimum atomic E-state index is -0.355. The van der Waals surface area contributed by atoms with Crippen molar-refractivity contribution < 1.29 is 9.90 Å². The minimum absolute atomic E-state index is 0.179. The second kappa shape index (κ2) is 8.14. The molecule has 3 nitrogen and oxygen atoms in total. The van der Waals surface area contributed by atoms with Crippen molar-refractivity contribution in [2.75, 3.05) is 6.54 Å². The zero-order valence-corrected chi connectivity index (χ0v) is 16.9. The van der Waals surface area contributed by atoms with E-state index in [0.717, 1.165) is 22.3 Å². The smallest absolute Gasteiger partial charge is 0.289 e. The number of hydrogen-bond donors (Lipinski definition) is 1. The van der Waals surface area contributed by atoms with Crippen LogP contribution in [0.1, 0.15) is 28.3 Å². The molecule has 0 aliphatic carbocycles. The molecule has 146 valence electrons. The Labute approximate surface area is 175 Å². The van der Waals surface area contributed by atoms with Gasteiger partial charge in [-0.1, -0.05) is 83.9 Å². The van der Waals surface area contributed by atoms with Crippen molar-refractivity contribution in [3.05, 3.63) is 112 Å². The van der Waals surface area contributed by atoms with Crippen LogP contribution < -0.4 is 0 Å². The first-order valence-electron chi connectivity index (χ1n) is 9.65. The maximum atomic E-state index is 13.0. The molecule has 1 N–H and O–H groups in total. The maximum absolute atomic E-state index is 13.0. The van der Waals surface area contributed by atoms with Crippen molar-refractivity contribution in [3.8, 4) is 0 Å². The van der Waals surface area contributed by atoms with Gasteiger partial charge in [0.05, 0.1) is 6.04 Å². The second-order valence-corrected chi connectivity index (χ2v) is 7.75. The number of aliphatic hydroxyl groups is 1. The summed E-state index contributed by atoms with van der Waals surface area (Å²) < 4.78 is 0. The van der Waals surface area contributed by atoms with Gasteiger partial charge >= 0.3 is 0 Å². The predicted octanol–water partition coefficient (Wildman–Crippen LogP) is 5.74. The number of amides is 1. The van der Waals surface area contributed by atoms with Crippen molar-refractivity contribution in [1.29, 1.82) is 0 Å². The number of carbonyl (C=O) groups excluding carboxylic acids is 1. The molecule has 0 aromatic heterocycles. The summed E-state index contributed by atoms with van der Waals surface area (Å²) in [6.45, 7) is 2.52. The fraction of sp³-hybridized carbons (Fsp3) is 0.160. The Morgan fingerprint density at radius 2 is 1.59 bits per heavy atom. The lowest BCUT2D eigenvalue weighted by atomic mass is 9.93. The molecule has 1 aliphatic rings.